The van der Waals surface area contributed by atoms with E-state index in [-0.39, 0.29) is 17.7 Å². The number of aromatic nitrogens is 1. The fourth-order valence-electron chi connectivity index (χ4n) is 2.35. The molecule has 0 aliphatic heterocycles. The average molecular weight is 345 g/mol. The number of amides is 1. The minimum atomic E-state index is -0.418. The summed E-state index contributed by atoms with van der Waals surface area (Å²) < 4.78 is 5.57. The zero-order valence-corrected chi connectivity index (χ0v) is 13.6. The van der Waals surface area contributed by atoms with Crippen LogP contribution in [0.3, 0.4) is 0 Å². The molecule has 1 aromatic carbocycles. The van der Waals surface area contributed by atoms with Crippen LogP contribution in [0.5, 0.6) is 0 Å². The average Bonchev–Trinajstić information content (AvgIpc) is 2.57. The molecule has 1 amide bonds. The van der Waals surface area contributed by atoms with Crippen LogP contribution < -0.4 is 16.3 Å². The number of carbonyl (C=O) groups is 1. The Hall–Kier alpha value is -2.70. The van der Waals surface area contributed by atoms with Gasteiger partial charge in [0.05, 0.1) is 12.3 Å². The van der Waals surface area contributed by atoms with Crippen LogP contribution in [0.15, 0.2) is 40.9 Å². The highest BCUT2D eigenvalue weighted by molar-refractivity contribution is 6.30. The molecule has 2 heterocycles. The van der Waals surface area contributed by atoms with Gasteiger partial charge in [-0.3, -0.25) is 9.78 Å². The molecule has 0 spiro atoms. The minimum Gasteiger partial charge on any atom is -0.402 e. The third-order valence-corrected chi connectivity index (χ3v) is 3.87. The summed E-state index contributed by atoms with van der Waals surface area (Å²) in [5.74, 6) is -0.418. The first-order valence-corrected chi connectivity index (χ1v) is 7.56. The summed E-state index contributed by atoms with van der Waals surface area (Å²) in [7, 11) is 0. The van der Waals surface area contributed by atoms with Crippen molar-refractivity contribution in [1.82, 2.24) is 4.98 Å². The Morgan fingerprint density at radius 2 is 2.08 bits per heavy atom. The number of nitrogens with zero attached hydrogens (tertiary/aromatic N) is 1. The lowest BCUT2D eigenvalue weighted by Crippen LogP contribution is -2.48. The van der Waals surface area contributed by atoms with Gasteiger partial charge in [-0.15, -0.1) is 0 Å². The van der Waals surface area contributed by atoms with E-state index in [0.717, 1.165) is 0 Å². The number of nitrogens with two attached hydrogens (primary N) is 1. The highest BCUT2D eigenvalue weighted by Crippen LogP contribution is 2.21. The molecule has 0 aliphatic carbocycles. The Morgan fingerprint density at radius 3 is 2.75 bits per heavy atom. The number of carbonyl (C=O) groups excluding carboxylic acids is 1. The van der Waals surface area contributed by atoms with E-state index < -0.39 is 5.91 Å². The number of fused-ring (bicyclic) bond motifs is 1. The first-order chi connectivity index (χ1) is 11.5. The Kier molecular flexibility index (Phi) is 4.33. The minimum absolute atomic E-state index is 0.0195. The third-order valence-electron chi connectivity index (χ3n) is 3.62. The summed E-state index contributed by atoms with van der Waals surface area (Å²) >= 11 is 5.83. The second-order valence-corrected chi connectivity index (χ2v) is 5.69. The monoisotopic (exact) mass is 344 g/mol. The lowest BCUT2D eigenvalue weighted by atomic mass is 10.1. The number of pyridine rings is 1. The molecular formula is C17H15ClN3O3+. The molecule has 6 nitrogen and oxygen atoms in total. The van der Waals surface area contributed by atoms with Crippen LogP contribution >= 0.6 is 11.6 Å². The number of benzene rings is 1. The SMILES string of the molecule is Cc1ncc(CO)c2cc(C(=O)Nc3ccc(Cl)cc3)c(=[NH2+])oc12. The van der Waals surface area contributed by atoms with Gasteiger partial charge in [0.2, 0.25) is 0 Å². The number of aliphatic hydroxyl groups excluding tert-OH is 1. The Labute approximate surface area is 142 Å². The normalized spacial score (nSPS) is 10.8. The summed E-state index contributed by atoms with van der Waals surface area (Å²) in [6.07, 6.45) is 1.55. The van der Waals surface area contributed by atoms with E-state index in [0.29, 0.717) is 32.9 Å². The van der Waals surface area contributed by atoms with E-state index in [4.69, 9.17) is 21.4 Å². The zero-order valence-electron chi connectivity index (χ0n) is 12.8. The van der Waals surface area contributed by atoms with Crippen LogP contribution in [0.25, 0.3) is 11.0 Å². The summed E-state index contributed by atoms with van der Waals surface area (Å²) in [6.45, 7) is 1.54. The molecule has 3 aromatic rings. The number of rotatable bonds is 3. The predicted octanol–water partition coefficient (Wildman–Crippen LogP) is 1.19. The molecule has 0 atom stereocenters. The van der Waals surface area contributed by atoms with Gasteiger partial charge >= 0.3 is 5.55 Å². The maximum atomic E-state index is 12.5. The molecule has 122 valence electrons. The topological polar surface area (TPSA) is 101 Å². The molecule has 0 bridgehead atoms. The first kappa shape index (κ1) is 16.2. The molecule has 24 heavy (non-hydrogen) atoms. The van der Waals surface area contributed by atoms with Gasteiger partial charge in [-0.05, 0) is 37.3 Å². The van der Waals surface area contributed by atoms with Gasteiger partial charge in [0, 0.05) is 27.9 Å². The molecule has 0 aliphatic rings. The van der Waals surface area contributed by atoms with Crippen molar-refractivity contribution in [3.05, 3.63) is 63.9 Å². The van der Waals surface area contributed by atoms with Gasteiger partial charge in [0.1, 0.15) is 0 Å². The highest BCUT2D eigenvalue weighted by atomic mass is 35.5. The largest absolute Gasteiger partial charge is 0.402 e. The Bertz CT molecular complexity index is 981. The number of aliphatic hydroxyl groups is 1. The number of nitrogens with one attached hydrogen (secondary N) is 1. The van der Waals surface area contributed by atoms with Gasteiger partial charge in [-0.1, -0.05) is 11.6 Å². The van der Waals surface area contributed by atoms with Crippen molar-refractivity contribution < 1.29 is 19.7 Å². The summed E-state index contributed by atoms with van der Waals surface area (Å²) in [5.41, 5.74) is 2.37. The van der Waals surface area contributed by atoms with E-state index in [1.54, 1.807) is 43.5 Å². The molecule has 0 fully saturated rings. The lowest BCUT2D eigenvalue weighted by molar-refractivity contribution is -0.197. The van der Waals surface area contributed by atoms with E-state index in [1.807, 2.05) is 0 Å². The molecule has 0 saturated carbocycles. The predicted molar refractivity (Wildman–Crippen MR) is 89.1 cm³/mol. The molecule has 0 radical (unpaired) electrons. The van der Waals surface area contributed by atoms with E-state index >= 15 is 0 Å². The van der Waals surface area contributed by atoms with Crippen LogP contribution in [-0.4, -0.2) is 16.0 Å². The van der Waals surface area contributed by atoms with Crippen molar-refractivity contribution >= 4 is 34.2 Å². The van der Waals surface area contributed by atoms with Gasteiger partial charge in [0.25, 0.3) is 5.91 Å². The number of anilines is 1. The molecule has 4 N–H and O–H groups in total. The van der Waals surface area contributed by atoms with Crippen molar-refractivity contribution in [2.75, 3.05) is 5.32 Å². The Balaban J connectivity index is 2.05. The highest BCUT2D eigenvalue weighted by Gasteiger charge is 2.18. The quantitative estimate of drug-likeness (QED) is 0.664. The van der Waals surface area contributed by atoms with Crippen LogP contribution in [0.2, 0.25) is 5.02 Å². The fourth-order valence-corrected chi connectivity index (χ4v) is 2.47. The third kappa shape index (κ3) is 3.02. The van der Waals surface area contributed by atoms with Gasteiger partial charge in [0.15, 0.2) is 11.1 Å². The lowest BCUT2D eigenvalue weighted by Gasteiger charge is -2.07. The van der Waals surface area contributed by atoms with Gasteiger partial charge < -0.3 is 14.8 Å². The molecular weight excluding hydrogens is 330 g/mol. The summed E-state index contributed by atoms with van der Waals surface area (Å²) in [4.78, 5) is 16.6. The number of halogens is 1. The van der Waals surface area contributed by atoms with Crippen molar-refractivity contribution in [2.45, 2.75) is 13.5 Å². The summed E-state index contributed by atoms with van der Waals surface area (Å²) in [5, 5.41) is 19.2. The number of hydrogen-bond acceptors (Lipinski definition) is 4. The van der Waals surface area contributed by atoms with E-state index in [2.05, 4.69) is 10.3 Å². The van der Waals surface area contributed by atoms with Gasteiger partial charge in [-0.2, -0.15) is 0 Å². The van der Waals surface area contributed by atoms with Crippen LogP contribution in [0, 0.1) is 6.92 Å². The van der Waals surface area contributed by atoms with Crippen LogP contribution in [-0.2, 0) is 6.61 Å². The molecule has 3 rings (SSSR count). The van der Waals surface area contributed by atoms with E-state index in [1.165, 1.54) is 0 Å². The number of aryl methyl sites for hydroxylation is 1. The maximum Gasteiger partial charge on any atom is 0.377 e. The van der Waals surface area contributed by atoms with Crippen molar-refractivity contribution in [3.8, 4) is 0 Å². The molecule has 7 heteroatoms. The zero-order chi connectivity index (χ0) is 17.3. The Morgan fingerprint density at radius 1 is 1.38 bits per heavy atom. The van der Waals surface area contributed by atoms with Crippen molar-refractivity contribution in [1.29, 1.82) is 0 Å². The van der Waals surface area contributed by atoms with Crippen LogP contribution in [0.4, 0.5) is 5.69 Å². The van der Waals surface area contributed by atoms with E-state index in [9.17, 15) is 9.90 Å². The molecule has 2 aromatic heterocycles. The summed E-state index contributed by atoms with van der Waals surface area (Å²) in [6, 6.07) is 8.30. The van der Waals surface area contributed by atoms with Gasteiger partial charge in [-0.25, -0.2) is 5.41 Å². The first-order valence-electron chi connectivity index (χ1n) is 7.18. The molecule has 0 unspecified atom stereocenters. The second kappa shape index (κ2) is 6.43. The smallest absolute Gasteiger partial charge is 0.377 e. The van der Waals surface area contributed by atoms with Crippen molar-refractivity contribution in [2.24, 2.45) is 0 Å². The van der Waals surface area contributed by atoms with Crippen LogP contribution in [0.1, 0.15) is 21.6 Å². The fraction of sp³-hybridized carbons (Fsp3) is 0.118. The standard InChI is InChI=1S/C17H14ClN3O3/c1-9-15-13(10(8-22)7-20-9)6-14(16(19)24-15)17(23)21-12-4-2-11(18)3-5-12/h2-7,19,22H,8H2,1H3,(H,21,23)/p+1. The second-order valence-electron chi connectivity index (χ2n) is 5.26. The van der Waals surface area contributed by atoms with Crippen molar-refractivity contribution in [3.63, 3.8) is 0 Å². The maximum absolute atomic E-state index is 12.5. The molecule has 0 saturated heterocycles. The number of hydrogen-bond donors (Lipinski definition) is 3.